The number of benzene rings is 1. The molecule has 1 atom stereocenters. The van der Waals surface area contributed by atoms with Crippen molar-refractivity contribution in [2.75, 3.05) is 0 Å². The molecule has 4 nitrogen and oxygen atoms in total. The molecule has 0 aliphatic rings. The van der Waals surface area contributed by atoms with E-state index in [-0.39, 0.29) is 6.04 Å². The van der Waals surface area contributed by atoms with E-state index in [4.69, 9.17) is 10.5 Å². The molecule has 0 spiro atoms. The van der Waals surface area contributed by atoms with E-state index in [1.807, 2.05) is 36.4 Å². The van der Waals surface area contributed by atoms with Crippen LogP contribution in [0.25, 0.3) is 0 Å². The van der Waals surface area contributed by atoms with Crippen molar-refractivity contribution in [2.45, 2.75) is 19.5 Å². The summed E-state index contributed by atoms with van der Waals surface area (Å²) in [6.45, 7) is 2.73. The molecule has 0 aliphatic carbocycles. The average molecular weight is 262 g/mol. The molecule has 98 valence electrons. The fourth-order valence-corrected chi connectivity index (χ4v) is 1.88. The smallest absolute Gasteiger partial charge is 0.140 e. The summed E-state index contributed by atoms with van der Waals surface area (Å²) in [5.41, 5.74) is 3.24. The van der Waals surface area contributed by atoms with Crippen LogP contribution in [0.4, 0.5) is 0 Å². The van der Waals surface area contributed by atoms with Gasteiger partial charge in [-0.2, -0.15) is 10.5 Å². The number of aromatic nitrogens is 1. The lowest BCUT2D eigenvalue weighted by Gasteiger charge is -2.14. The van der Waals surface area contributed by atoms with Gasteiger partial charge in [-0.05, 0) is 42.3 Å². The summed E-state index contributed by atoms with van der Waals surface area (Å²) in [5.74, 6) is 0. The number of pyridine rings is 1. The summed E-state index contributed by atoms with van der Waals surface area (Å²) < 4.78 is 0. The Labute approximate surface area is 118 Å². The first-order chi connectivity index (χ1) is 9.72. The Kier molecular flexibility index (Phi) is 4.44. The Bertz CT molecular complexity index is 662. The van der Waals surface area contributed by atoms with Gasteiger partial charge >= 0.3 is 0 Å². The molecular formula is C16H14N4. The summed E-state index contributed by atoms with van der Waals surface area (Å²) in [6.07, 6.45) is 1.64. The minimum atomic E-state index is 0.168. The Morgan fingerprint density at radius 1 is 1.15 bits per heavy atom. The Balaban J connectivity index is 1.99. The molecular weight excluding hydrogens is 248 g/mol. The highest BCUT2D eigenvalue weighted by atomic mass is 14.9. The molecule has 0 aliphatic heterocycles. The predicted molar refractivity (Wildman–Crippen MR) is 75.4 cm³/mol. The number of rotatable bonds is 4. The highest BCUT2D eigenvalue weighted by molar-refractivity contribution is 5.33. The van der Waals surface area contributed by atoms with Crippen LogP contribution in [0.15, 0.2) is 42.6 Å². The molecule has 0 radical (unpaired) electrons. The summed E-state index contributed by atoms with van der Waals surface area (Å²) >= 11 is 0. The van der Waals surface area contributed by atoms with Gasteiger partial charge in [0.1, 0.15) is 11.8 Å². The third-order valence-corrected chi connectivity index (χ3v) is 3.09. The van der Waals surface area contributed by atoms with Crippen LogP contribution in [-0.4, -0.2) is 4.98 Å². The second-order valence-electron chi connectivity index (χ2n) is 4.50. The molecule has 1 aromatic heterocycles. The molecule has 20 heavy (non-hydrogen) atoms. The second-order valence-corrected chi connectivity index (χ2v) is 4.50. The molecule has 0 fully saturated rings. The molecule has 0 bridgehead atoms. The molecule has 0 amide bonds. The van der Waals surface area contributed by atoms with Gasteiger partial charge in [0.25, 0.3) is 0 Å². The number of hydrogen-bond acceptors (Lipinski definition) is 4. The Hall–Kier alpha value is -2.69. The number of hydrogen-bond donors (Lipinski definition) is 1. The van der Waals surface area contributed by atoms with E-state index in [0.717, 1.165) is 11.1 Å². The van der Waals surface area contributed by atoms with Crippen molar-refractivity contribution < 1.29 is 0 Å². The second kappa shape index (κ2) is 6.47. The Morgan fingerprint density at radius 3 is 2.55 bits per heavy atom. The van der Waals surface area contributed by atoms with Crippen molar-refractivity contribution in [3.8, 4) is 12.1 Å². The first-order valence-corrected chi connectivity index (χ1v) is 6.31. The van der Waals surface area contributed by atoms with E-state index >= 15 is 0 Å². The van der Waals surface area contributed by atoms with Gasteiger partial charge in [0.2, 0.25) is 0 Å². The normalized spacial score (nSPS) is 11.3. The fourth-order valence-electron chi connectivity index (χ4n) is 1.88. The van der Waals surface area contributed by atoms with Crippen molar-refractivity contribution in [1.82, 2.24) is 10.3 Å². The molecule has 0 saturated carbocycles. The van der Waals surface area contributed by atoms with E-state index < -0.39 is 0 Å². The van der Waals surface area contributed by atoms with Crippen LogP contribution in [0, 0.1) is 22.7 Å². The standard InChI is InChI=1S/C16H14N4/c1-12(15-4-2-13(9-17)3-5-15)20-11-14-6-7-19-16(8-14)10-18/h2-8,12,20H,11H2,1H3. The van der Waals surface area contributed by atoms with Crippen LogP contribution in [0.2, 0.25) is 0 Å². The summed E-state index contributed by atoms with van der Waals surface area (Å²) in [6, 6.07) is 15.5. The van der Waals surface area contributed by atoms with Crippen molar-refractivity contribution in [2.24, 2.45) is 0 Å². The van der Waals surface area contributed by atoms with E-state index in [9.17, 15) is 0 Å². The monoisotopic (exact) mass is 262 g/mol. The Morgan fingerprint density at radius 2 is 1.90 bits per heavy atom. The van der Waals surface area contributed by atoms with Gasteiger partial charge in [-0.25, -0.2) is 4.98 Å². The fraction of sp³-hybridized carbons (Fsp3) is 0.188. The lowest BCUT2D eigenvalue weighted by molar-refractivity contribution is 0.574. The number of nitriles is 2. The molecule has 1 unspecified atom stereocenters. The molecule has 2 rings (SSSR count). The first-order valence-electron chi connectivity index (χ1n) is 6.31. The highest BCUT2D eigenvalue weighted by Gasteiger charge is 2.05. The summed E-state index contributed by atoms with van der Waals surface area (Å²) in [4.78, 5) is 3.94. The van der Waals surface area contributed by atoms with Gasteiger partial charge in [0, 0.05) is 18.8 Å². The molecule has 2 aromatic rings. The van der Waals surface area contributed by atoms with E-state index in [1.54, 1.807) is 12.3 Å². The van der Waals surface area contributed by atoms with Gasteiger partial charge in [-0.15, -0.1) is 0 Å². The van der Waals surface area contributed by atoms with Crippen LogP contribution < -0.4 is 5.32 Å². The van der Waals surface area contributed by atoms with Crippen molar-refractivity contribution in [3.63, 3.8) is 0 Å². The van der Waals surface area contributed by atoms with Gasteiger partial charge < -0.3 is 5.32 Å². The number of nitrogens with one attached hydrogen (secondary N) is 1. The third-order valence-electron chi connectivity index (χ3n) is 3.09. The first kappa shape index (κ1) is 13.7. The maximum absolute atomic E-state index is 8.81. The molecule has 0 saturated heterocycles. The highest BCUT2D eigenvalue weighted by Crippen LogP contribution is 2.14. The van der Waals surface area contributed by atoms with Gasteiger partial charge in [0.05, 0.1) is 11.6 Å². The maximum Gasteiger partial charge on any atom is 0.140 e. The predicted octanol–water partition coefficient (Wildman–Crippen LogP) is 2.68. The molecule has 1 N–H and O–H groups in total. The van der Waals surface area contributed by atoms with Crippen LogP contribution in [0.1, 0.15) is 35.3 Å². The average Bonchev–Trinajstić information content (AvgIpc) is 2.53. The SMILES string of the molecule is CC(NCc1ccnc(C#N)c1)c1ccc(C#N)cc1. The lowest BCUT2D eigenvalue weighted by Crippen LogP contribution is -2.18. The zero-order valence-corrected chi connectivity index (χ0v) is 11.2. The minimum absolute atomic E-state index is 0.168. The topological polar surface area (TPSA) is 72.5 Å². The van der Waals surface area contributed by atoms with Crippen LogP contribution in [0.5, 0.6) is 0 Å². The third kappa shape index (κ3) is 3.41. The zero-order chi connectivity index (χ0) is 14.4. The zero-order valence-electron chi connectivity index (χ0n) is 11.2. The molecule has 1 aromatic carbocycles. The van der Waals surface area contributed by atoms with Crippen molar-refractivity contribution in [3.05, 3.63) is 65.0 Å². The van der Waals surface area contributed by atoms with Gasteiger partial charge in [-0.1, -0.05) is 12.1 Å². The molecule has 4 heteroatoms. The maximum atomic E-state index is 8.81. The van der Waals surface area contributed by atoms with Gasteiger partial charge in [-0.3, -0.25) is 0 Å². The summed E-state index contributed by atoms with van der Waals surface area (Å²) in [7, 11) is 0. The minimum Gasteiger partial charge on any atom is -0.306 e. The summed E-state index contributed by atoms with van der Waals surface area (Å²) in [5, 5.41) is 21.0. The lowest BCUT2D eigenvalue weighted by atomic mass is 10.1. The number of nitrogens with zero attached hydrogens (tertiary/aromatic N) is 3. The largest absolute Gasteiger partial charge is 0.306 e. The van der Waals surface area contributed by atoms with E-state index in [0.29, 0.717) is 17.8 Å². The van der Waals surface area contributed by atoms with E-state index in [1.165, 1.54) is 0 Å². The quantitative estimate of drug-likeness (QED) is 0.919. The van der Waals surface area contributed by atoms with Crippen LogP contribution >= 0.6 is 0 Å². The van der Waals surface area contributed by atoms with Gasteiger partial charge in [0.15, 0.2) is 0 Å². The molecule has 1 heterocycles. The van der Waals surface area contributed by atoms with E-state index in [2.05, 4.69) is 23.3 Å². The van der Waals surface area contributed by atoms with Crippen LogP contribution in [-0.2, 0) is 6.54 Å². The van der Waals surface area contributed by atoms with Crippen molar-refractivity contribution >= 4 is 0 Å². The van der Waals surface area contributed by atoms with Crippen molar-refractivity contribution in [1.29, 1.82) is 10.5 Å². The van der Waals surface area contributed by atoms with Crippen LogP contribution in [0.3, 0.4) is 0 Å².